The van der Waals surface area contributed by atoms with E-state index in [2.05, 4.69) is 90.4 Å². The maximum Gasteiger partial charge on any atom is 0.519 e. The maximum absolute atomic E-state index is 11.9. The molecule has 1 heterocycles. The van der Waals surface area contributed by atoms with Crippen molar-refractivity contribution < 1.29 is 13.3 Å². The van der Waals surface area contributed by atoms with E-state index in [0.717, 1.165) is 14.3 Å². The number of rotatable bonds is 0. The van der Waals surface area contributed by atoms with Gasteiger partial charge in [-0.05, 0) is 102 Å². The monoisotopic (exact) mass is 732 g/mol. The molecule has 0 bridgehead atoms. The van der Waals surface area contributed by atoms with Crippen molar-refractivity contribution >= 4 is 113 Å². The Labute approximate surface area is 172 Å². The Morgan fingerprint density at radius 1 is 0.667 bits per heavy atom. The molecule has 0 saturated heterocycles. The molecule has 21 heavy (non-hydrogen) atoms. The van der Waals surface area contributed by atoms with Crippen LogP contribution < -0.4 is 5.82 Å². The van der Waals surface area contributed by atoms with Crippen LogP contribution >= 0.6 is 90.4 Å². The predicted octanol–water partition coefficient (Wildman–Crippen LogP) is 5.67. The second kappa shape index (κ2) is 6.51. The molecule has 4 nitrogen and oxygen atoms in total. The summed E-state index contributed by atoms with van der Waals surface area (Å²) in [5.41, 5.74) is 1.76. The fourth-order valence-electron chi connectivity index (χ4n) is 1.70. The Kier molecular flexibility index (Phi) is 5.05. The Balaban J connectivity index is 2.68. The quantitative estimate of drug-likeness (QED) is 0.170. The topological polar surface area (TPSA) is 56.5 Å². The molecule has 0 N–H and O–H groups in total. The molecule has 1 aromatic heterocycles. The van der Waals surface area contributed by atoms with Gasteiger partial charge in [-0.2, -0.15) is 0 Å². The average molecular weight is 732 g/mol. The van der Waals surface area contributed by atoms with Crippen LogP contribution in [0.5, 0.6) is 0 Å². The molecule has 0 unspecified atom stereocenters. The first-order chi connectivity index (χ1) is 9.99. The van der Waals surface area contributed by atoms with Gasteiger partial charge < -0.3 is 13.3 Å². The van der Waals surface area contributed by atoms with Crippen molar-refractivity contribution in [1.29, 1.82) is 0 Å². The molecule has 0 amide bonds. The summed E-state index contributed by atoms with van der Waals surface area (Å²) in [7, 11) is 0. The van der Waals surface area contributed by atoms with Gasteiger partial charge >= 0.3 is 5.82 Å². The SMILES string of the molecule is O=c1oc2ccccc2oc2c(I)c(I)c(I)c(I)c2o1. The van der Waals surface area contributed by atoms with E-state index in [1.165, 1.54) is 0 Å². The van der Waals surface area contributed by atoms with E-state index in [9.17, 15) is 4.79 Å². The maximum atomic E-state index is 11.9. The first-order valence-electron chi connectivity index (χ1n) is 5.51. The van der Waals surface area contributed by atoms with E-state index >= 15 is 0 Å². The van der Waals surface area contributed by atoms with Crippen molar-refractivity contribution in [3.05, 3.63) is 49.2 Å². The highest BCUT2D eigenvalue weighted by molar-refractivity contribution is 14.1. The molecule has 0 aliphatic rings. The number of fused-ring (bicyclic) bond motifs is 2. The molecule has 8 heteroatoms. The molecule has 0 atom stereocenters. The van der Waals surface area contributed by atoms with Gasteiger partial charge in [0.15, 0.2) is 22.3 Å². The van der Waals surface area contributed by atoms with Gasteiger partial charge in [-0.15, -0.1) is 0 Å². The highest BCUT2D eigenvalue weighted by Crippen LogP contribution is 2.34. The molecule has 2 aromatic carbocycles. The molecule has 108 valence electrons. The van der Waals surface area contributed by atoms with Crippen molar-refractivity contribution in [3.8, 4) is 0 Å². The second-order valence-electron chi connectivity index (χ2n) is 3.92. The zero-order valence-electron chi connectivity index (χ0n) is 9.95. The summed E-state index contributed by atoms with van der Waals surface area (Å²) in [6, 6.07) is 7.01. The minimum Gasteiger partial charge on any atom is -0.448 e. The zero-order chi connectivity index (χ0) is 15.1. The summed E-state index contributed by atoms with van der Waals surface area (Å²) in [4.78, 5) is 11.9. The fourth-order valence-corrected chi connectivity index (χ4v) is 5.01. The minimum atomic E-state index is -0.766. The molecule has 3 aromatic rings. The van der Waals surface area contributed by atoms with Crippen LogP contribution in [0.4, 0.5) is 0 Å². The van der Waals surface area contributed by atoms with Gasteiger partial charge in [0.05, 0.1) is 7.14 Å². The lowest BCUT2D eigenvalue weighted by molar-refractivity contribution is 0.367. The summed E-state index contributed by atoms with van der Waals surface area (Å²) >= 11 is 8.81. The normalized spacial score (nSPS) is 11.0. The third kappa shape index (κ3) is 3.08. The lowest BCUT2D eigenvalue weighted by atomic mass is 10.3. The minimum absolute atomic E-state index is 0.340. The second-order valence-corrected chi connectivity index (χ2v) is 8.23. The van der Waals surface area contributed by atoms with Crippen molar-refractivity contribution in [2.24, 2.45) is 0 Å². The smallest absolute Gasteiger partial charge is 0.448 e. The van der Waals surface area contributed by atoms with E-state index in [1.54, 1.807) is 18.2 Å². The number of halogens is 4. The third-order valence-corrected chi connectivity index (χ3v) is 9.94. The van der Waals surface area contributed by atoms with Crippen molar-refractivity contribution in [2.45, 2.75) is 0 Å². The van der Waals surface area contributed by atoms with Gasteiger partial charge in [0.2, 0.25) is 0 Å². The molecule has 0 fully saturated rings. The lowest BCUT2D eigenvalue weighted by Crippen LogP contribution is -1.98. The van der Waals surface area contributed by atoms with Gasteiger partial charge in [-0.3, -0.25) is 0 Å². The highest BCUT2D eigenvalue weighted by atomic mass is 127. The van der Waals surface area contributed by atoms with E-state index in [1.807, 2.05) is 6.07 Å². The van der Waals surface area contributed by atoms with Crippen molar-refractivity contribution in [2.75, 3.05) is 0 Å². The summed E-state index contributed by atoms with van der Waals surface area (Å²) in [5, 5.41) is 0. The average Bonchev–Trinajstić information content (AvgIpc) is 2.46. The van der Waals surface area contributed by atoms with Gasteiger partial charge in [0.25, 0.3) is 0 Å². The first-order valence-corrected chi connectivity index (χ1v) is 9.83. The molecular weight excluding hydrogens is 728 g/mol. The van der Waals surface area contributed by atoms with Gasteiger partial charge in [0, 0.05) is 7.14 Å². The molecule has 3 rings (SSSR count). The van der Waals surface area contributed by atoms with Crippen LogP contribution in [0.2, 0.25) is 0 Å². The zero-order valence-corrected chi connectivity index (χ0v) is 18.6. The number of benzene rings is 2. The molecule has 0 spiro atoms. The number of hydrogen-bond acceptors (Lipinski definition) is 4. The largest absolute Gasteiger partial charge is 0.519 e. The van der Waals surface area contributed by atoms with E-state index < -0.39 is 5.82 Å². The Hall–Kier alpha value is 0.430. The van der Waals surface area contributed by atoms with E-state index in [-0.39, 0.29) is 0 Å². The molecule has 0 aliphatic carbocycles. The molecule has 0 aliphatic heterocycles. The van der Waals surface area contributed by atoms with Crippen LogP contribution in [0.1, 0.15) is 0 Å². The highest BCUT2D eigenvalue weighted by Gasteiger charge is 2.17. The number of hydrogen-bond donors (Lipinski definition) is 0. The Morgan fingerprint density at radius 3 is 1.71 bits per heavy atom. The summed E-state index contributed by atoms with van der Waals surface area (Å²) in [6.45, 7) is 0. The van der Waals surface area contributed by atoms with Gasteiger partial charge in [-0.25, -0.2) is 4.79 Å². The van der Waals surface area contributed by atoms with Crippen LogP contribution in [-0.4, -0.2) is 0 Å². The first kappa shape index (κ1) is 16.3. The lowest BCUT2D eigenvalue weighted by Gasteiger charge is -2.06. The molecule has 0 radical (unpaired) electrons. The van der Waals surface area contributed by atoms with Crippen LogP contribution in [-0.2, 0) is 0 Å². The summed E-state index contributed by atoms with van der Waals surface area (Å²) < 4.78 is 20.3. The van der Waals surface area contributed by atoms with Crippen LogP contribution in [0, 0.1) is 14.3 Å². The number of para-hydroxylation sites is 2. The molecule has 0 saturated carbocycles. The van der Waals surface area contributed by atoms with Crippen LogP contribution in [0.25, 0.3) is 22.3 Å². The van der Waals surface area contributed by atoms with E-state index in [4.69, 9.17) is 13.3 Å². The van der Waals surface area contributed by atoms with Crippen LogP contribution in [0.3, 0.4) is 0 Å². The van der Waals surface area contributed by atoms with E-state index in [0.29, 0.717) is 22.3 Å². The summed E-state index contributed by atoms with van der Waals surface area (Å²) in [6.07, 6.45) is 0. The van der Waals surface area contributed by atoms with Crippen molar-refractivity contribution in [3.63, 3.8) is 0 Å². The van der Waals surface area contributed by atoms with Gasteiger partial charge in [0.1, 0.15) is 0 Å². The van der Waals surface area contributed by atoms with Gasteiger partial charge in [-0.1, -0.05) is 12.1 Å². The Bertz CT molecular complexity index is 966. The van der Waals surface area contributed by atoms with Crippen LogP contribution in [0.15, 0.2) is 42.3 Å². The third-order valence-electron chi connectivity index (χ3n) is 2.62. The predicted molar refractivity (Wildman–Crippen MR) is 113 cm³/mol. The Morgan fingerprint density at radius 2 is 1.14 bits per heavy atom. The standard InChI is InChI=1S/C13H4I4O4/c14-7-8(15)10(17)12-11(9(7)16)19-5-3-1-2-4-6(5)20-13(18)21-12/h1-4H. The van der Waals surface area contributed by atoms with Crippen molar-refractivity contribution in [1.82, 2.24) is 0 Å². The fraction of sp³-hybridized carbons (Fsp3) is 0. The molecular formula is C13H4I4O4. The summed E-state index contributed by atoms with van der Waals surface area (Å²) in [5.74, 6) is -0.766.